The van der Waals surface area contributed by atoms with E-state index in [9.17, 15) is 4.79 Å². The molecule has 6 nitrogen and oxygen atoms in total. The highest BCUT2D eigenvalue weighted by Gasteiger charge is 2.08. The molecule has 7 heteroatoms. The Balaban J connectivity index is 1.43. The van der Waals surface area contributed by atoms with Crippen LogP contribution in [-0.4, -0.2) is 25.0 Å². The maximum absolute atomic E-state index is 12.7. The SMILES string of the molecule is O=C(N=c1sccn1Cc1cccc2ccccc12)c1ccc(-n2ccnc2)nc1. The van der Waals surface area contributed by atoms with E-state index in [4.69, 9.17) is 0 Å². The normalized spacial score (nSPS) is 11.8. The van der Waals surface area contributed by atoms with Crippen LogP contribution in [0.3, 0.4) is 0 Å². The molecule has 0 aliphatic carbocycles. The first kappa shape index (κ1) is 18.2. The molecule has 0 spiro atoms. The number of benzene rings is 2. The second-order valence-corrected chi connectivity index (χ2v) is 7.62. The summed E-state index contributed by atoms with van der Waals surface area (Å²) in [4.78, 5) is 26.0. The van der Waals surface area contributed by atoms with Crippen molar-refractivity contribution in [2.24, 2.45) is 4.99 Å². The molecule has 146 valence electrons. The van der Waals surface area contributed by atoms with Gasteiger partial charge in [-0.05, 0) is 28.5 Å². The number of hydrogen-bond acceptors (Lipinski definition) is 4. The van der Waals surface area contributed by atoms with Gasteiger partial charge < -0.3 is 4.57 Å². The van der Waals surface area contributed by atoms with Gasteiger partial charge >= 0.3 is 0 Å². The molecule has 0 unspecified atom stereocenters. The van der Waals surface area contributed by atoms with E-state index in [1.54, 1.807) is 41.6 Å². The van der Waals surface area contributed by atoms with E-state index in [1.807, 2.05) is 28.3 Å². The van der Waals surface area contributed by atoms with E-state index in [2.05, 4.69) is 45.3 Å². The van der Waals surface area contributed by atoms with Gasteiger partial charge in [-0.25, -0.2) is 9.97 Å². The van der Waals surface area contributed by atoms with Gasteiger partial charge in [-0.3, -0.25) is 9.36 Å². The Morgan fingerprint density at radius 3 is 2.77 bits per heavy atom. The zero-order valence-electron chi connectivity index (χ0n) is 15.9. The van der Waals surface area contributed by atoms with Crippen molar-refractivity contribution in [1.29, 1.82) is 0 Å². The molecular weight excluding hydrogens is 394 g/mol. The molecular formula is C23H17N5OS. The molecule has 0 radical (unpaired) electrons. The third-order valence-corrected chi connectivity index (χ3v) is 5.64. The van der Waals surface area contributed by atoms with Gasteiger partial charge in [0.1, 0.15) is 12.1 Å². The number of aromatic nitrogens is 4. The molecule has 5 aromatic rings. The topological polar surface area (TPSA) is 65.1 Å². The van der Waals surface area contributed by atoms with Gasteiger partial charge in [-0.1, -0.05) is 42.5 Å². The zero-order valence-corrected chi connectivity index (χ0v) is 16.7. The molecule has 5 rings (SSSR count). The van der Waals surface area contributed by atoms with Crippen LogP contribution in [0.2, 0.25) is 0 Å². The van der Waals surface area contributed by atoms with Crippen molar-refractivity contribution >= 4 is 28.0 Å². The first-order valence-electron chi connectivity index (χ1n) is 9.42. The van der Waals surface area contributed by atoms with Gasteiger partial charge in [-0.15, -0.1) is 11.3 Å². The summed E-state index contributed by atoms with van der Waals surface area (Å²) in [5.74, 6) is 0.389. The van der Waals surface area contributed by atoms with Gasteiger partial charge in [0.05, 0.1) is 12.1 Å². The Morgan fingerprint density at radius 1 is 1.03 bits per heavy atom. The largest absolute Gasteiger partial charge is 0.319 e. The van der Waals surface area contributed by atoms with Crippen LogP contribution in [0.5, 0.6) is 0 Å². The maximum Gasteiger partial charge on any atom is 0.281 e. The van der Waals surface area contributed by atoms with Crippen LogP contribution < -0.4 is 4.80 Å². The number of rotatable bonds is 4. The fraction of sp³-hybridized carbons (Fsp3) is 0.0435. The first-order valence-corrected chi connectivity index (χ1v) is 10.3. The Morgan fingerprint density at radius 2 is 1.93 bits per heavy atom. The number of imidazole rings is 1. The van der Waals surface area contributed by atoms with E-state index in [1.165, 1.54) is 27.7 Å². The summed E-state index contributed by atoms with van der Waals surface area (Å²) < 4.78 is 3.78. The van der Waals surface area contributed by atoms with Crippen LogP contribution in [0.4, 0.5) is 0 Å². The molecule has 0 fully saturated rings. The maximum atomic E-state index is 12.7. The summed E-state index contributed by atoms with van der Waals surface area (Å²) >= 11 is 1.44. The molecule has 2 aromatic carbocycles. The van der Waals surface area contributed by atoms with E-state index in [0.29, 0.717) is 22.7 Å². The lowest BCUT2D eigenvalue weighted by Gasteiger charge is -2.07. The molecule has 1 amide bonds. The highest BCUT2D eigenvalue weighted by Crippen LogP contribution is 2.19. The van der Waals surface area contributed by atoms with Crippen LogP contribution in [0.15, 0.2) is 96.1 Å². The molecule has 0 atom stereocenters. The Labute approximate surface area is 176 Å². The smallest absolute Gasteiger partial charge is 0.281 e. The van der Waals surface area contributed by atoms with Crippen LogP contribution in [0.25, 0.3) is 16.6 Å². The number of thiazole rings is 1. The zero-order chi connectivity index (χ0) is 20.3. The summed E-state index contributed by atoms with van der Waals surface area (Å²) in [7, 11) is 0. The second-order valence-electron chi connectivity index (χ2n) is 6.74. The number of amides is 1. The summed E-state index contributed by atoms with van der Waals surface area (Å²) in [5.41, 5.74) is 1.63. The minimum Gasteiger partial charge on any atom is -0.319 e. The molecule has 0 N–H and O–H groups in total. The highest BCUT2D eigenvalue weighted by molar-refractivity contribution is 7.07. The fourth-order valence-electron chi connectivity index (χ4n) is 3.33. The van der Waals surface area contributed by atoms with E-state index in [-0.39, 0.29) is 5.91 Å². The average Bonchev–Trinajstić information content (AvgIpc) is 3.47. The Kier molecular flexibility index (Phi) is 4.78. The lowest BCUT2D eigenvalue weighted by Crippen LogP contribution is -2.17. The minimum absolute atomic E-state index is 0.311. The van der Waals surface area contributed by atoms with Gasteiger partial charge in [0.15, 0.2) is 4.80 Å². The van der Waals surface area contributed by atoms with Crippen LogP contribution >= 0.6 is 11.3 Å². The third-order valence-electron chi connectivity index (χ3n) is 4.84. The van der Waals surface area contributed by atoms with Crippen molar-refractivity contribution in [3.63, 3.8) is 0 Å². The molecule has 0 saturated heterocycles. The first-order chi connectivity index (χ1) is 14.8. The highest BCUT2D eigenvalue weighted by atomic mass is 32.1. The molecule has 0 aliphatic rings. The van der Waals surface area contributed by atoms with Crippen molar-refractivity contribution < 1.29 is 4.79 Å². The van der Waals surface area contributed by atoms with Crippen LogP contribution in [-0.2, 0) is 6.54 Å². The number of fused-ring (bicyclic) bond motifs is 1. The quantitative estimate of drug-likeness (QED) is 0.448. The molecule has 3 heterocycles. The summed E-state index contributed by atoms with van der Waals surface area (Å²) in [5, 5.41) is 4.34. The van der Waals surface area contributed by atoms with Crippen molar-refractivity contribution in [2.45, 2.75) is 6.54 Å². The van der Waals surface area contributed by atoms with Gasteiger partial charge in [0.2, 0.25) is 0 Å². The van der Waals surface area contributed by atoms with Gasteiger partial charge in [-0.2, -0.15) is 4.99 Å². The number of carbonyl (C=O) groups excluding carboxylic acids is 1. The molecule has 0 saturated carbocycles. The number of hydrogen-bond donors (Lipinski definition) is 0. The molecule has 3 aromatic heterocycles. The predicted octanol–water partition coefficient (Wildman–Crippen LogP) is 4.07. The monoisotopic (exact) mass is 411 g/mol. The molecule has 30 heavy (non-hydrogen) atoms. The van der Waals surface area contributed by atoms with Crippen LogP contribution in [0, 0.1) is 0 Å². The predicted molar refractivity (Wildman–Crippen MR) is 117 cm³/mol. The minimum atomic E-state index is -0.311. The Bertz CT molecular complexity index is 1380. The van der Waals surface area contributed by atoms with E-state index < -0.39 is 0 Å². The van der Waals surface area contributed by atoms with E-state index in [0.717, 1.165) is 0 Å². The number of pyridine rings is 1. The van der Waals surface area contributed by atoms with Crippen molar-refractivity contribution in [3.05, 3.63) is 107 Å². The van der Waals surface area contributed by atoms with Crippen molar-refractivity contribution in [2.75, 3.05) is 0 Å². The summed E-state index contributed by atoms with van der Waals surface area (Å²) in [6, 6.07) is 18.1. The van der Waals surface area contributed by atoms with E-state index >= 15 is 0 Å². The Hall–Kier alpha value is -3.84. The lowest BCUT2D eigenvalue weighted by molar-refractivity contribution is 0.0997. The average molecular weight is 411 g/mol. The van der Waals surface area contributed by atoms with Gasteiger partial charge in [0, 0.05) is 30.2 Å². The van der Waals surface area contributed by atoms with Gasteiger partial charge in [0.25, 0.3) is 5.91 Å². The summed E-state index contributed by atoms with van der Waals surface area (Å²) in [6.45, 7) is 0.648. The lowest BCUT2D eigenvalue weighted by atomic mass is 10.0. The van der Waals surface area contributed by atoms with Crippen LogP contribution in [0.1, 0.15) is 15.9 Å². The second kappa shape index (κ2) is 7.88. The third kappa shape index (κ3) is 3.58. The number of nitrogens with zero attached hydrogens (tertiary/aromatic N) is 5. The van der Waals surface area contributed by atoms with Crippen molar-refractivity contribution in [3.8, 4) is 5.82 Å². The fourth-order valence-corrected chi connectivity index (χ4v) is 4.06. The van der Waals surface area contributed by atoms with Crippen molar-refractivity contribution in [1.82, 2.24) is 19.1 Å². The molecule has 0 bridgehead atoms. The summed E-state index contributed by atoms with van der Waals surface area (Å²) in [6.07, 6.45) is 8.65. The number of carbonyl (C=O) groups is 1. The standard InChI is InChI=1S/C23H17N5OS/c29-22(18-8-9-21(25-14-18)28-11-10-24-16-28)26-23-27(12-13-30-23)15-19-6-3-5-17-4-1-2-7-20(17)19/h1-14,16H,15H2. The molecule has 0 aliphatic heterocycles.